The standard InChI is InChI=1S/C13H19BrN2/c1-13(10-15-7-4-8-16(13)2)11-5-3-6-12(14)9-11/h3,5-6,9,15H,4,7-8,10H2,1-2H3. The van der Waals surface area contributed by atoms with E-state index in [2.05, 4.69) is 64.4 Å². The second-order valence-electron chi connectivity index (χ2n) is 4.74. The van der Waals surface area contributed by atoms with Crippen LogP contribution in [0.1, 0.15) is 18.9 Å². The zero-order valence-electron chi connectivity index (χ0n) is 9.96. The summed E-state index contributed by atoms with van der Waals surface area (Å²) in [6.45, 7) is 5.59. The van der Waals surface area contributed by atoms with E-state index in [1.165, 1.54) is 12.0 Å². The SMILES string of the molecule is CN1CCCNCC1(C)c1cccc(Br)c1. The van der Waals surface area contributed by atoms with Crippen LogP contribution in [0, 0.1) is 0 Å². The molecule has 88 valence electrons. The van der Waals surface area contributed by atoms with E-state index in [-0.39, 0.29) is 5.54 Å². The predicted octanol–water partition coefficient (Wildman–Crippen LogP) is 2.59. The number of nitrogens with one attached hydrogen (secondary N) is 1. The highest BCUT2D eigenvalue weighted by atomic mass is 79.9. The highest BCUT2D eigenvalue weighted by Gasteiger charge is 2.32. The summed E-state index contributed by atoms with van der Waals surface area (Å²) in [6, 6.07) is 8.64. The lowest BCUT2D eigenvalue weighted by molar-refractivity contribution is 0.151. The van der Waals surface area contributed by atoms with Crippen LogP contribution in [0.2, 0.25) is 0 Å². The molecule has 0 spiro atoms. The van der Waals surface area contributed by atoms with Crippen LogP contribution in [0.5, 0.6) is 0 Å². The van der Waals surface area contributed by atoms with Crippen molar-refractivity contribution in [2.45, 2.75) is 18.9 Å². The molecule has 1 unspecified atom stereocenters. The van der Waals surface area contributed by atoms with E-state index in [1.54, 1.807) is 0 Å². The highest BCUT2D eigenvalue weighted by Crippen LogP contribution is 2.29. The van der Waals surface area contributed by atoms with Crippen LogP contribution in [-0.4, -0.2) is 31.6 Å². The molecule has 1 fully saturated rings. The van der Waals surface area contributed by atoms with Crippen molar-refractivity contribution in [1.29, 1.82) is 0 Å². The van der Waals surface area contributed by atoms with Gasteiger partial charge in [-0.15, -0.1) is 0 Å². The van der Waals surface area contributed by atoms with E-state index < -0.39 is 0 Å². The molecule has 2 rings (SSSR count). The number of likely N-dealkylation sites (N-methyl/N-ethyl adjacent to an activating group) is 1. The van der Waals surface area contributed by atoms with E-state index in [1.807, 2.05) is 0 Å². The Morgan fingerprint density at radius 1 is 1.44 bits per heavy atom. The molecule has 0 bridgehead atoms. The van der Waals surface area contributed by atoms with Crippen molar-refractivity contribution in [2.24, 2.45) is 0 Å². The third-order valence-corrected chi connectivity index (χ3v) is 4.10. The molecule has 0 amide bonds. The third kappa shape index (κ3) is 2.31. The first kappa shape index (κ1) is 12.1. The normalized spacial score (nSPS) is 27.7. The van der Waals surface area contributed by atoms with Gasteiger partial charge in [-0.05, 0) is 51.2 Å². The van der Waals surface area contributed by atoms with Gasteiger partial charge in [0.15, 0.2) is 0 Å². The molecule has 0 aliphatic carbocycles. The number of hydrogen-bond acceptors (Lipinski definition) is 2. The average Bonchev–Trinajstić information content (AvgIpc) is 2.43. The van der Waals surface area contributed by atoms with Gasteiger partial charge in [0.2, 0.25) is 0 Å². The molecule has 1 aliphatic rings. The van der Waals surface area contributed by atoms with Gasteiger partial charge in [-0.25, -0.2) is 0 Å². The van der Waals surface area contributed by atoms with Gasteiger partial charge in [0.1, 0.15) is 0 Å². The number of nitrogens with zero attached hydrogens (tertiary/aromatic N) is 1. The van der Waals surface area contributed by atoms with Crippen LogP contribution >= 0.6 is 15.9 Å². The van der Waals surface area contributed by atoms with Crippen LogP contribution in [-0.2, 0) is 5.54 Å². The maximum Gasteiger partial charge on any atom is 0.0555 e. The summed E-state index contributed by atoms with van der Waals surface area (Å²) >= 11 is 3.55. The second-order valence-corrected chi connectivity index (χ2v) is 5.65. The van der Waals surface area contributed by atoms with Crippen molar-refractivity contribution in [3.05, 3.63) is 34.3 Å². The van der Waals surface area contributed by atoms with Crippen LogP contribution in [0.15, 0.2) is 28.7 Å². The van der Waals surface area contributed by atoms with E-state index in [4.69, 9.17) is 0 Å². The highest BCUT2D eigenvalue weighted by molar-refractivity contribution is 9.10. The zero-order valence-corrected chi connectivity index (χ0v) is 11.5. The zero-order chi connectivity index (χ0) is 11.6. The molecule has 1 aliphatic heterocycles. The summed E-state index contributed by atoms with van der Waals surface area (Å²) in [7, 11) is 2.22. The summed E-state index contributed by atoms with van der Waals surface area (Å²) in [5.74, 6) is 0. The minimum Gasteiger partial charge on any atom is -0.315 e. The Labute approximate surface area is 106 Å². The molecule has 3 heteroatoms. The Balaban J connectivity index is 2.34. The molecular formula is C13H19BrN2. The monoisotopic (exact) mass is 282 g/mol. The molecule has 16 heavy (non-hydrogen) atoms. The Bertz CT molecular complexity index is 367. The maximum absolute atomic E-state index is 3.55. The maximum atomic E-state index is 3.55. The Morgan fingerprint density at radius 3 is 3.00 bits per heavy atom. The van der Waals surface area contributed by atoms with Crippen molar-refractivity contribution < 1.29 is 0 Å². The fraction of sp³-hybridized carbons (Fsp3) is 0.538. The molecule has 1 aromatic rings. The van der Waals surface area contributed by atoms with Gasteiger partial charge >= 0.3 is 0 Å². The van der Waals surface area contributed by atoms with Crippen molar-refractivity contribution in [3.63, 3.8) is 0 Å². The smallest absolute Gasteiger partial charge is 0.0555 e. The Kier molecular flexibility index (Phi) is 3.67. The van der Waals surface area contributed by atoms with E-state index in [0.29, 0.717) is 0 Å². The number of rotatable bonds is 1. The number of halogens is 1. The number of benzene rings is 1. The van der Waals surface area contributed by atoms with Gasteiger partial charge in [0.25, 0.3) is 0 Å². The molecule has 1 atom stereocenters. The average molecular weight is 283 g/mol. The summed E-state index contributed by atoms with van der Waals surface area (Å²) in [6.07, 6.45) is 1.22. The van der Waals surface area contributed by atoms with Crippen LogP contribution < -0.4 is 5.32 Å². The largest absolute Gasteiger partial charge is 0.315 e. The number of hydrogen-bond donors (Lipinski definition) is 1. The van der Waals surface area contributed by atoms with E-state index in [0.717, 1.165) is 24.1 Å². The van der Waals surface area contributed by atoms with Gasteiger partial charge in [-0.2, -0.15) is 0 Å². The first-order valence-corrected chi connectivity index (χ1v) is 6.60. The van der Waals surface area contributed by atoms with Crippen LogP contribution in [0.4, 0.5) is 0 Å². The molecule has 2 nitrogen and oxygen atoms in total. The van der Waals surface area contributed by atoms with Crippen molar-refractivity contribution in [1.82, 2.24) is 10.2 Å². The van der Waals surface area contributed by atoms with Crippen molar-refractivity contribution >= 4 is 15.9 Å². The van der Waals surface area contributed by atoms with Crippen LogP contribution in [0.25, 0.3) is 0 Å². The second kappa shape index (κ2) is 4.86. The van der Waals surface area contributed by atoms with Gasteiger partial charge in [0.05, 0.1) is 5.54 Å². The molecule has 0 aromatic heterocycles. The van der Waals surface area contributed by atoms with Gasteiger partial charge in [-0.1, -0.05) is 28.1 Å². The predicted molar refractivity (Wildman–Crippen MR) is 71.6 cm³/mol. The summed E-state index contributed by atoms with van der Waals surface area (Å²) in [5.41, 5.74) is 1.47. The fourth-order valence-corrected chi connectivity index (χ4v) is 2.70. The van der Waals surface area contributed by atoms with Crippen LogP contribution in [0.3, 0.4) is 0 Å². The van der Waals surface area contributed by atoms with Gasteiger partial charge in [0, 0.05) is 11.0 Å². The lowest BCUT2D eigenvalue weighted by atomic mass is 9.90. The first-order valence-electron chi connectivity index (χ1n) is 5.81. The molecule has 1 aromatic carbocycles. The Hall–Kier alpha value is -0.380. The lowest BCUT2D eigenvalue weighted by Crippen LogP contribution is -2.46. The molecule has 1 saturated heterocycles. The Morgan fingerprint density at radius 2 is 2.25 bits per heavy atom. The summed E-state index contributed by atoms with van der Waals surface area (Å²) in [5, 5.41) is 3.53. The van der Waals surface area contributed by atoms with Gasteiger partial charge in [-0.3, -0.25) is 4.90 Å². The van der Waals surface area contributed by atoms with Gasteiger partial charge < -0.3 is 5.32 Å². The topological polar surface area (TPSA) is 15.3 Å². The van der Waals surface area contributed by atoms with Crippen molar-refractivity contribution in [3.8, 4) is 0 Å². The minimum atomic E-state index is 0.0975. The van der Waals surface area contributed by atoms with E-state index in [9.17, 15) is 0 Å². The molecule has 1 heterocycles. The fourth-order valence-electron chi connectivity index (χ4n) is 2.30. The van der Waals surface area contributed by atoms with E-state index >= 15 is 0 Å². The third-order valence-electron chi connectivity index (χ3n) is 3.61. The summed E-state index contributed by atoms with van der Waals surface area (Å²) in [4.78, 5) is 2.45. The quantitative estimate of drug-likeness (QED) is 0.852. The molecule has 0 radical (unpaired) electrons. The first-order chi connectivity index (χ1) is 7.63. The molecular weight excluding hydrogens is 264 g/mol. The lowest BCUT2D eigenvalue weighted by Gasteiger charge is -2.38. The molecule has 0 saturated carbocycles. The summed E-state index contributed by atoms with van der Waals surface area (Å²) < 4.78 is 1.16. The molecule has 1 N–H and O–H groups in total. The minimum absolute atomic E-state index is 0.0975. The van der Waals surface area contributed by atoms with Crippen molar-refractivity contribution in [2.75, 3.05) is 26.7 Å².